The predicted octanol–water partition coefficient (Wildman–Crippen LogP) is 4.11. The van der Waals surface area contributed by atoms with Crippen LogP contribution < -0.4 is 5.32 Å². The maximum Gasteiger partial charge on any atom is 0.163 e. The summed E-state index contributed by atoms with van der Waals surface area (Å²) in [5.74, 6) is 1.67. The molecule has 0 amide bonds. The summed E-state index contributed by atoms with van der Waals surface area (Å²) in [4.78, 5) is 9.45. The largest absolute Gasteiger partial charge is 0.373 e. The van der Waals surface area contributed by atoms with E-state index in [4.69, 9.17) is 16.6 Å². The molecule has 1 aromatic heterocycles. The molecule has 0 aliphatic heterocycles. The van der Waals surface area contributed by atoms with Crippen molar-refractivity contribution in [3.8, 4) is 11.4 Å². The molecule has 3 rings (SSSR count). The first-order valence-electron chi connectivity index (χ1n) is 7.12. The number of anilines is 1. The second-order valence-corrected chi connectivity index (χ2v) is 5.52. The normalized spacial score (nSPS) is 14.5. The summed E-state index contributed by atoms with van der Waals surface area (Å²) >= 11 is 6.27. The van der Waals surface area contributed by atoms with Crippen LogP contribution in [0.25, 0.3) is 11.4 Å². The molecule has 0 fully saturated rings. The van der Waals surface area contributed by atoms with Crippen molar-refractivity contribution in [2.75, 3.05) is 12.4 Å². The number of hydrogen-bond donors (Lipinski definition) is 1. The van der Waals surface area contributed by atoms with Gasteiger partial charge in [0.15, 0.2) is 5.82 Å². The van der Waals surface area contributed by atoms with Crippen LogP contribution in [0.1, 0.15) is 30.5 Å². The molecule has 4 heteroatoms. The van der Waals surface area contributed by atoms with Crippen molar-refractivity contribution in [3.63, 3.8) is 0 Å². The Hall–Kier alpha value is -1.61. The molecule has 1 heterocycles. The standard InChI is InChI=1S/C16H18ClN3/c1-18-15-12-8-3-2-4-10-14(12)19-16(20-15)11-7-5-6-9-13(11)17/h5-7,9H,2-4,8,10H2,1H3,(H,18,19,20). The van der Waals surface area contributed by atoms with Crippen molar-refractivity contribution in [1.29, 1.82) is 0 Å². The zero-order valence-electron chi connectivity index (χ0n) is 11.6. The van der Waals surface area contributed by atoms with Gasteiger partial charge in [0.05, 0.1) is 5.02 Å². The second-order valence-electron chi connectivity index (χ2n) is 5.11. The van der Waals surface area contributed by atoms with Gasteiger partial charge in [-0.3, -0.25) is 0 Å². The molecule has 3 nitrogen and oxygen atoms in total. The van der Waals surface area contributed by atoms with Gasteiger partial charge in [0.2, 0.25) is 0 Å². The average molecular weight is 288 g/mol. The fourth-order valence-corrected chi connectivity index (χ4v) is 2.96. The number of halogens is 1. The zero-order valence-corrected chi connectivity index (χ0v) is 12.4. The summed E-state index contributed by atoms with van der Waals surface area (Å²) in [6, 6.07) is 7.74. The molecule has 1 aliphatic rings. The van der Waals surface area contributed by atoms with Crippen molar-refractivity contribution >= 4 is 17.4 Å². The molecule has 1 aromatic carbocycles. The molecule has 0 atom stereocenters. The SMILES string of the molecule is CNc1nc(-c2ccccc2Cl)nc2c1CCCCC2. The van der Waals surface area contributed by atoms with E-state index < -0.39 is 0 Å². The first-order chi connectivity index (χ1) is 9.79. The van der Waals surface area contributed by atoms with Gasteiger partial charge in [-0.15, -0.1) is 0 Å². The first-order valence-corrected chi connectivity index (χ1v) is 7.50. The van der Waals surface area contributed by atoms with Gasteiger partial charge in [0, 0.05) is 23.9 Å². The Kier molecular flexibility index (Phi) is 3.88. The fourth-order valence-electron chi connectivity index (χ4n) is 2.74. The van der Waals surface area contributed by atoms with Gasteiger partial charge in [-0.2, -0.15) is 0 Å². The van der Waals surface area contributed by atoms with E-state index in [1.165, 1.54) is 30.5 Å². The first kappa shape index (κ1) is 13.4. The lowest BCUT2D eigenvalue weighted by molar-refractivity contribution is 0.709. The van der Waals surface area contributed by atoms with Crippen molar-refractivity contribution in [3.05, 3.63) is 40.5 Å². The van der Waals surface area contributed by atoms with Gasteiger partial charge in [-0.05, 0) is 37.8 Å². The minimum absolute atomic E-state index is 0.697. The summed E-state index contributed by atoms with van der Waals surface area (Å²) in [6.07, 6.45) is 5.78. The number of rotatable bonds is 2. The van der Waals surface area contributed by atoms with Crippen LogP contribution in [0, 0.1) is 0 Å². The highest BCUT2D eigenvalue weighted by atomic mass is 35.5. The Morgan fingerprint density at radius 3 is 2.65 bits per heavy atom. The number of nitrogens with one attached hydrogen (secondary N) is 1. The third-order valence-corrected chi connectivity index (χ3v) is 4.11. The number of aryl methyl sites for hydroxylation is 1. The van der Waals surface area contributed by atoms with E-state index >= 15 is 0 Å². The van der Waals surface area contributed by atoms with Gasteiger partial charge < -0.3 is 5.32 Å². The van der Waals surface area contributed by atoms with E-state index in [-0.39, 0.29) is 0 Å². The molecular weight excluding hydrogens is 270 g/mol. The number of hydrogen-bond acceptors (Lipinski definition) is 3. The zero-order chi connectivity index (χ0) is 13.9. The molecule has 104 valence electrons. The van der Waals surface area contributed by atoms with E-state index in [0.29, 0.717) is 5.02 Å². The second kappa shape index (κ2) is 5.80. The van der Waals surface area contributed by atoms with Gasteiger partial charge in [-0.1, -0.05) is 30.2 Å². The van der Waals surface area contributed by atoms with Crippen LogP contribution in [0.15, 0.2) is 24.3 Å². The maximum absolute atomic E-state index is 6.27. The highest BCUT2D eigenvalue weighted by Crippen LogP contribution is 2.30. The van der Waals surface area contributed by atoms with Crippen molar-refractivity contribution in [2.45, 2.75) is 32.1 Å². The lowest BCUT2D eigenvalue weighted by atomic mass is 10.1. The molecule has 0 unspecified atom stereocenters. The van der Waals surface area contributed by atoms with Crippen molar-refractivity contribution in [1.82, 2.24) is 9.97 Å². The Morgan fingerprint density at radius 1 is 1.05 bits per heavy atom. The van der Waals surface area contributed by atoms with Crippen LogP contribution in [-0.4, -0.2) is 17.0 Å². The van der Waals surface area contributed by atoms with Gasteiger partial charge in [0.25, 0.3) is 0 Å². The van der Waals surface area contributed by atoms with Crippen LogP contribution in [0.2, 0.25) is 5.02 Å². The van der Waals surface area contributed by atoms with Crippen LogP contribution in [0.5, 0.6) is 0 Å². The summed E-state index contributed by atoms with van der Waals surface area (Å²) in [6.45, 7) is 0. The molecule has 1 aliphatic carbocycles. The Morgan fingerprint density at radius 2 is 1.85 bits per heavy atom. The van der Waals surface area contributed by atoms with Crippen molar-refractivity contribution in [2.24, 2.45) is 0 Å². The predicted molar refractivity (Wildman–Crippen MR) is 83.3 cm³/mol. The molecule has 0 spiro atoms. The van der Waals surface area contributed by atoms with Crippen LogP contribution >= 0.6 is 11.6 Å². The van der Waals surface area contributed by atoms with E-state index in [1.807, 2.05) is 31.3 Å². The molecule has 1 N–H and O–H groups in total. The highest BCUT2D eigenvalue weighted by molar-refractivity contribution is 6.33. The summed E-state index contributed by atoms with van der Waals surface area (Å²) in [5, 5.41) is 3.92. The van der Waals surface area contributed by atoms with Crippen molar-refractivity contribution < 1.29 is 0 Å². The lowest BCUT2D eigenvalue weighted by Gasteiger charge is -2.13. The van der Waals surface area contributed by atoms with E-state index in [9.17, 15) is 0 Å². The summed E-state index contributed by atoms with van der Waals surface area (Å²) in [7, 11) is 1.92. The minimum Gasteiger partial charge on any atom is -0.373 e. The Bertz CT molecular complexity index is 625. The maximum atomic E-state index is 6.27. The van der Waals surface area contributed by atoms with E-state index in [2.05, 4.69) is 10.3 Å². The Balaban J connectivity index is 2.14. The molecular formula is C16H18ClN3. The third kappa shape index (κ3) is 2.50. The number of aromatic nitrogens is 2. The van der Waals surface area contributed by atoms with Gasteiger partial charge in [0.1, 0.15) is 5.82 Å². The monoisotopic (exact) mass is 287 g/mol. The fraction of sp³-hybridized carbons (Fsp3) is 0.375. The van der Waals surface area contributed by atoms with Crippen LogP contribution in [0.4, 0.5) is 5.82 Å². The van der Waals surface area contributed by atoms with E-state index in [1.54, 1.807) is 0 Å². The summed E-state index contributed by atoms with van der Waals surface area (Å²) < 4.78 is 0. The van der Waals surface area contributed by atoms with E-state index in [0.717, 1.165) is 30.0 Å². The Labute approximate surface area is 124 Å². The molecule has 20 heavy (non-hydrogen) atoms. The molecule has 0 radical (unpaired) electrons. The quantitative estimate of drug-likeness (QED) is 0.845. The lowest BCUT2D eigenvalue weighted by Crippen LogP contribution is -2.07. The summed E-state index contributed by atoms with van der Waals surface area (Å²) in [5.41, 5.74) is 3.36. The minimum atomic E-state index is 0.697. The van der Waals surface area contributed by atoms with Gasteiger partial charge >= 0.3 is 0 Å². The number of benzene rings is 1. The smallest absolute Gasteiger partial charge is 0.163 e. The third-order valence-electron chi connectivity index (χ3n) is 3.78. The average Bonchev–Trinajstić information content (AvgIpc) is 2.72. The topological polar surface area (TPSA) is 37.8 Å². The van der Waals surface area contributed by atoms with Crippen LogP contribution in [0.3, 0.4) is 0 Å². The van der Waals surface area contributed by atoms with Crippen LogP contribution in [-0.2, 0) is 12.8 Å². The molecule has 2 aromatic rings. The highest BCUT2D eigenvalue weighted by Gasteiger charge is 2.17. The number of nitrogens with zero attached hydrogens (tertiary/aromatic N) is 2. The number of fused-ring (bicyclic) bond motifs is 1. The molecule has 0 bridgehead atoms. The molecule has 0 saturated heterocycles. The molecule has 0 saturated carbocycles. The van der Waals surface area contributed by atoms with Gasteiger partial charge in [-0.25, -0.2) is 9.97 Å².